The van der Waals surface area contributed by atoms with E-state index in [1.165, 1.54) is 18.5 Å². The lowest BCUT2D eigenvalue weighted by atomic mass is 9.89. The molecule has 1 fully saturated rings. The number of carbonyl (C=O) groups is 1. The summed E-state index contributed by atoms with van der Waals surface area (Å²) in [6.45, 7) is 5.14. The summed E-state index contributed by atoms with van der Waals surface area (Å²) >= 11 is 0. The minimum atomic E-state index is -0.455. The molecule has 0 radical (unpaired) electrons. The van der Waals surface area contributed by atoms with Crippen molar-refractivity contribution < 1.29 is 13.9 Å². The summed E-state index contributed by atoms with van der Waals surface area (Å²) in [5, 5.41) is 3.96. The molecule has 4 heterocycles. The largest absolute Gasteiger partial charge is 0.487 e. The molecular formula is C26H25FN6O2. The number of anilines is 2. The van der Waals surface area contributed by atoms with Crippen molar-refractivity contribution in [2.24, 2.45) is 0 Å². The van der Waals surface area contributed by atoms with Gasteiger partial charge in [0.25, 0.3) is 0 Å². The van der Waals surface area contributed by atoms with Gasteiger partial charge in [-0.05, 0) is 54.7 Å². The first kappa shape index (κ1) is 22.5. The van der Waals surface area contributed by atoms with Crippen LogP contribution in [0.3, 0.4) is 0 Å². The molecule has 0 unspecified atom stereocenters. The maximum Gasteiger partial charge on any atom is 0.245 e. The highest BCUT2D eigenvalue weighted by atomic mass is 19.1. The van der Waals surface area contributed by atoms with Gasteiger partial charge >= 0.3 is 0 Å². The molecule has 35 heavy (non-hydrogen) atoms. The number of fused-ring (bicyclic) bond motifs is 1. The number of carbonyl (C=O) groups excluding carboxylic acids is 1. The first-order valence-corrected chi connectivity index (χ1v) is 11.4. The molecule has 8 nitrogen and oxygen atoms in total. The fourth-order valence-corrected chi connectivity index (χ4v) is 4.40. The molecule has 3 aromatic heterocycles. The number of nitrogens with one attached hydrogen (secondary N) is 2. The van der Waals surface area contributed by atoms with Gasteiger partial charge in [0.15, 0.2) is 0 Å². The van der Waals surface area contributed by atoms with Gasteiger partial charge in [0, 0.05) is 31.5 Å². The Kier molecular flexibility index (Phi) is 6.38. The second-order valence-corrected chi connectivity index (χ2v) is 8.37. The van der Waals surface area contributed by atoms with Crippen molar-refractivity contribution in [3.8, 4) is 5.75 Å². The van der Waals surface area contributed by atoms with Crippen LogP contribution >= 0.6 is 0 Å². The Labute approximate surface area is 201 Å². The molecule has 0 bridgehead atoms. The number of pyridine rings is 1. The summed E-state index contributed by atoms with van der Waals surface area (Å²) in [6.07, 6.45) is 8.05. The van der Waals surface area contributed by atoms with E-state index in [0.717, 1.165) is 29.5 Å². The Hall–Kier alpha value is -4.27. The SMILES string of the molecule is C=CC(=O)N1CCC(c2c[nH]c3ncnc(Nc4ccc(OCc5ccccn5)cc4F)c23)CC1. The predicted molar refractivity (Wildman–Crippen MR) is 131 cm³/mol. The van der Waals surface area contributed by atoms with Gasteiger partial charge in [-0.15, -0.1) is 0 Å². The van der Waals surface area contributed by atoms with Crippen molar-refractivity contribution in [1.29, 1.82) is 0 Å². The summed E-state index contributed by atoms with van der Waals surface area (Å²) in [7, 11) is 0. The number of nitrogens with zero attached hydrogens (tertiary/aromatic N) is 4. The van der Waals surface area contributed by atoms with Crippen molar-refractivity contribution >= 4 is 28.4 Å². The number of likely N-dealkylation sites (tertiary alicyclic amines) is 1. The van der Waals surface area contributed by atoms with Crippen LogP contribution in [0.2, 0.25) is 0 Å². The van der Waals surface area contributed by atoms with Crippen molar-refractivity contribution in [1.82, 2.24) is 24.8 Å². The lowest BCUT2D eigenvalue weighted by Crippen LogP contribution is -2.36. The van der Waals surface area contributed by atoms with Crippen LogP contribution in [0.4, 0.5) is 15.9 Å². The Bertz CT molecular complexity index is 1350. The zero-order chi connectivity index (χ0) is 24.2. The summed E-state index contributed by atoms with van der Waals surface area (Å²) in [6, 6.07) is 10.2. The van der Waals surface area contributed by atoms with Gasteiger partial charge in [-0.1, -0.05) is 12.6 Å². The molecule has 1 aliphatic rings. The highest BCUT2D eigenvalue weighted by Crippen LogP contribution is 2.36. The van der Waals surface area contributed by atoms with Crippen LogP contribution in [-0.2, 0) is 11.4 Å². The third-order valence-corrected chi connectivity index (χ3v) is 6.23. The van der Waals surface area contributed by atoms with Gasteiger partial charge in [0.2, 0.25) is 5.91 Å². The highest BCUT2D eigenvalue weighted by Gasteiger charge is 2.26. The first-order valence-electron chi connectivity index (χ1n) is 11.4. The minimum absolute atomic E-state index is 0.0454. The number of ether oxygens (including phenoxy) is 1. The number of hydrogen-bond donors (Lipinski definition) is 2. The van der Waals surface area contributed by atoms with Crippen LogP contribution in [0, 0.1) is 5.82 Å². The number of aromatic amines is 1. The summed E-state index contributed by atoms with van der Waals surface area (Å²) in [5.41, 5.74) is 2.79. The van der Waals surface area contributed by atoms with Crippen LogP contribution in [0.1, 0.15) is 30.0 Å². The van der Waals surface area contributed by atoms with Crippen LogP contribution in [0.15, 0.2) is 67.8 Å². The summed E-state index contributed by atoms with van der Waals surface area (Å²) in [4.78, 5) is 29.9. The molecule has 1 aromatic carbocycles. The average molecular weight is 473 g/mol. The number of H-pyrrole nitrogens is 1. The molecule has 0 saturated carbocycles. The van der Waals surface area contributed by atoms with Crippen molar-refractivity contribution in [2.45, 2.75) is 25.4 Å². The van der Waals surface area contributed by atoms with Crippen LogP contribution in [0.5, 0.6) is 5.75 Å². The topological polar surface area (TPSA) is 96.0 Å². The van der Waals surface area contributed by atoms with Gasteiger partial charge in [0.05, 0.1) is 16.8 Å². The quantitative estimate of drug-likeness (QED) is 0.378. The minimum Gasteiger partial charge on any atom is -0.487 e. The molecule has 0 atom stereocenters. The van der Waals surface area contributed by atoms with Crippen molar-refractivity contribution in [3.05, 3.63) is 84.8 Å². The number of aromatic nitrogens is 4. The average Bonchev–Trinajstić information content (AvgIpc) is 3.34. The van der Waals surface area contributed by atoms with Crippen LogP contribution in [-0.4, -0.2) is 43.8 Å². The van der Waals surface area contributed by atoms with Gasteiger partial charge in [-0.2, -0.15) is 0 Å². The van der Waals surface area contributed by atoms with E-state index >= 15 is 0 Å². The Morgan fingerprint density at radius 1 is 1.23 bits per heavy atom. The van der Waals surface area contributed by atoms with Gasteiger partial charge < -0.3 is 19.9 Å². The number of amides is 1. The Balaban J connectivity index is 1.34. The molecule has 178 valence electrons. The van der Waals surface area contributed by atoms with Crippen molar-refractivity contribution in [2.75, 3.05) is 18.4 Å². The normalized spacial score (nSPS) is 14.1. The van der Waals surface area contributed by atoms with E-state index in [0.29, 0.717) is 30.3 Å². The number of piperidine rings is 1. The third-order valence-electron chi connectivity index (χ3n) is 6.23. The zero-order valence-electron chi connectivity index (χ0n) is 19.1. The van der Waals surface area contributed by atoms with E-state index in [1.807, 2.05) is 24.4 Å². The number of halogens is 1. The first-order chi connectivity index (χ1) is 17.1. The maximum atomic E-state index is 14.9. The second kappa shape index (κ2) is 9.92. The highest BCUT2D eigenvalue weighted by molar-refractivity contribution is 5.92. The standard InChI is InChI=1S/C26H25FN6O2/c1-2-23(34)33-11-8-17(9-12-33)20-14-29-25-24(20)26(31-16-30-25)32-22-7-6-19(13-21(22)27)35-15-18-5-3-4-10-28-18/h2-7,10,13-14,16-17H,1,8-9,11-12,15H2,(H2,29,30,31,32). The van der Waals surface area contributed by atoms with Crippen molar-refractivity contribution in [3.63, 3.8) is 0 Å². The Morgan fingerprint density at radius 3 is 2.83 bits per heavy atom. The third kappa shape index (κ3) is 4.84. The lowest BCUT2D eigenvalue weighted by Gasteiger charge is -2.31. The second-order valence-electron chi connectivity index (χ2n) is 8.37. The molecule has 1 saturated heterocycles. The fourth-order valence-electron chi connectivity index (χ4n) is 4.40. The summed E-state index contributed by atoms with van der Waals surface area (Å²) in [5.74, 6) is 0.669. The van der Waals surface area contributed by atoms with E-state index in [2.05, 4.69) is 31.8 Å². The van der Waals surface area contributed by atoms with E-state index in [4.69, 9.17) is 4.74 Å². The summed E-state index contributed by atoms with van der Waals surface area (Å²) < 4.78 is 20.6. The van der Waals surface area contributed by atoms with E-state index in [-0.39, 0.29) is 24.1 Å². The molecule has 2 N–H and O–H groups in total. The number of rotatable bonds is 7. The lowest BCUT2D eigenvalue weighted by molar-refractivity contribution is -0.127. The molecule has 1 amide bonds. The number of hydrogen-bond acceptors (Lipinski definition) is 6. The molecule has 4 aromatic rings. The van der Waals surface area contributed by atoms with Gasteiger partial charge in [0.1, 0.15) is 36.0 Å². The van der Waals surface area contributed by atoms with Crippen LogP contribution in [0.25, 0.3) is 11.0 Å². The molecule has 0 spiro atoms. The van der Waals surface area contributed by atoms with E-state index < -0.39 is 5.82 Å². The van der Waals surface area contributed by atoms with Gasteiger partial charge in [-0.3, -0.25) is 9.78 Å². The molecular weight excluding hydrogens is 447 g/mol. The van der Waals surface area contributed by atoms with Gasteiger partial charge in [-0.25, -0.2) is 14.4 Å². The van der Waals surface area contributed by atoms with E-state index in [9.17, 15) is 9.18 Å². The fraction of sp³-hybridized carbons (Fsp3) is 0.231. The molecule has 9 heteroatoms. The molecule has 5 rings (SSSR count). The molecule has 1 aliphatic heterocycles. The van der Waals surface area contributed by atoms with Crippen LogP contribution < -0.4 is 10.1 Å². The number of benzene rings is 1. The zero-order valence-corrected chi connectivity index (χ0v) is 19.1. The maximum absolute atomic E-state index is 14.9. The van der Waals surface area contributed by atoms with E-state index in [1.54, 1.807) is 23.2 Å². The molecule has 0 aliphatic carbocycles. The monoisotopic (exact) mass is 472 g/mol. The predicted octanol–water partition coefficient (Wildman–Crippen LogP) is 4.71. The smallest absolute Gasteiger partial charge is 0.245 e. The Morgan fingerprint density at radius 2 is 2.09 bits per heavy atom.